The molecule has 6 heteroatoms. The molecule has 1 heterocycles. The summed E-state index contributed by atoms with van der Waals surface area (Å²) in [6.45, 7) is 3.57. The Morgan fingerprint density at radius 2 is 1.52 bits per heavy atom. The van der Waals surface area contributed by atoms with Crippen LogP contribution in [0.25, 0.3) is 0 Å². The first-order valence-corrected chi connectivity index (χ1v) is 6.83. The molecule has 1 fully saturated rings. The summed E-state index contributed by atoms with van der Waals surface area (Å²) in [4.78, 5) is 37.6. The smallest absolute Gasteiger partial charge is 0.312 e. The largest absolute Gasteiger partial charge is 0.481 e. The van der Waals surface area contributed by atoms with Gasteiger partial charge in [-0.15, -0.1) is 0 Å². The van der Waals surface area contributed by atoms with E-state index in [0.717, 1.165) is 5.56 Å². The first kappa shape index (κ1) is 15.0. The van der Waals surface area contributed by atoms with Gasteiger partial charge in [0, 0.05) is 31.7 Å². The summed E-state index contributed by atoms with van der Waals surface area (Å²) in [5.74, 6) is -1.58. The Bertz CT molecular complexity index is 545. The zero-order valence-electron chi connectivity index (χ0n) is 11.9. The summed E-state index contributed by atoms with van der Waals surface area (Å²) in [5, 5.41) is 8.61. The minimum Gasteiger partial charge on any atom is -0.481 e. The van der Waals surface area contributed by atoms with E-state index in [9.17, 15) is 14.4 Å². The molecule has 2 rings (SSSR count). The Kier molecular flexibility index (Phi) is 4.57. The van der Waals surface area contributed by atoms with Crippen LogP contribution >= 0.6 is 0 Å². The average molecular weight is 290 g/mol. The third-order valence-electron chi connectivity index (χ3n) is 3.52. The molecule has 0 unspecified atom stereocenters. The van der Waals surface area contributed by atoms with Crippen LogP contribution in [-0.4, -0.2) is 58.9 Å². The monoisotopic (exact) mass is 290 g/mol. The fraction of sp³-hybridized carbons (Fsp3) is 0.400. The van der Waals surface area contributed by atoms with E-state index in [1.807, 2.05) is 19.1 Å². The van der Waals surface area contributed by atoms with E-state index in [2.05, 4.69) is 0 Å². The lowest BCUT2D eigenvalue weighted by atomic mass is 10.1. The Labute approximate surface area is 123 Å². The van der Waals surface area contributed by atoms with Crippen LogP contribution in [0.15, 0.2) is 24.3 Å². The number of carbonyl (C=O) groups is 3. The Balaban J connectivity index is 1.91. The first-order valence-electron chi connectivity index (χ1n) is 6.83. The van der Waals surface area contributed by atoms with Crippen molar-refractivity contribution in [1.29, 1.82) is 0 Å². The van der Waals surface area contributed by atoms with E-state index in [1.165, 1.54) is 4.90 Å². The number of rotatable bonds is 3. The highest BCUT2D eigenvalue weighted by Crippen LogP contribution is 2.10. The van der Waals surface area contributed by atoms with Crippen molar-refractivity contribution in [3.8, 4) is 0 Å². The maximum Gasteiger partial charge on any atom is 0.312 e. The molecule has 0 saturated carbocycles. The van der Waals surface area contributed by atoms with Gasteiger partial charge in [-0.3, -0.25) is 14.4 Å². The molecule has 1 aromatic carbocycles. The second-order valence-corrected chi connectivity index (χ2v) is 5.11. The molecule has 21 heavy (non-hydrogen) atoms. The molecule has 6 nitrogen and oxygen atoms in total. The number of carboxylic acid groups (broad SMARTS) is 1. The number of amides is 2. The summed E-state index contributed by atoms with van der Waals surface area (Å²) >= 11 is 0. The van der Waals surface area contributed by atoms with Gasteiger partial charge in [-0.1, -0.05) is 17.7 Å². The van der Waals surface area contributed by atoms with Gasteiger partial charge in [0.15, 0.2) is 0 Å². The minimum absolute atomic E-state index is 0.0552. The Morgan fingerprint density at radius 3 is 2.05 bits per heavy atom. The van der Waals surface area contributed by atoms with Crippen LogP contribution in [0.1, 0.15) is 22.3 Å². The third-order valence-corrected chi connectivity index (χ3v) is 3.52. The van der Waals surface area contributed by atoms with Crippen molar-refractivity contribution >= 4 is 17.8 Å². The predicted octanol–water partition coefficient (Wildman–Crippen LogP) is 0.754. The number of aliphatic carboxylic acids is 1. The van der Waals surface area contributed by atoms with Gasteiger partial charge in [0.1, 0.15) is 6.42 Å². The van der Waals surface area contributed by atoms with E-state index >= 15 is 0 Å². The number of nitrogens with zero attached hydrogens (tertiary/aromatic N) is 2. The molecule has 0 aliphatic carbocycles. The number of piperazine rings is 1. The van der Waals surface area contributed by atoms with E-state index < -0.39 is 18.3 Å². The quantitative estimate of drug-likeness (QED) is 0.833. The summed E-state index contributed by atoms with van der Waals surface area (Å²) in [7, 11) is 0. The van der Waals surface area contributed by atoms with Crippen LogP contribution < -0.4 is 0 Å². The van der Waals surface area contributed by atoms with Crippen LogP contribution in [0.5, 0.6) is 0 Å². The van der Waals surface area contributed by atoms with Gasteiger partial charge in [-0.25, -0.2) is 0 Å². The van der Waals surface area contributed by atoms with Crippen molar-refractivity contribution < 1.29 is 19.5 Å². The summed E-state index contributed by atoms with van der Waals surface area (Å²) < 4.78 is 0. The van der Waals surface area contributed by atoms with Gasteiger partial charge in [-0.05, 0) is 19.1 Å². The predicted molar refractivity (Wildman–Crippen MR) is 75.9 cm³/mol. The van der Waals surface area contributed by atoms with E-state index in [-0.39, 0.29) is 5.91 Å². The Hall–Kier alpha value is -2.37. The van der Waals surface area contributed by atoms with Crippen molar-refractivity contribution in [2.45, 2.75) is 13.3 Å². The molecule has 0 aromatic heterocycles. The number of hydrogen-bond donors (Lipinski definition) is 1. The zero-order chi connectivity index (χ0) is 15.4. The average Bonchev–Trinajstić information content (AvgIpc) is 2.47. The molecule has 1 aliphatic heterocycles. The Morgan fingerprint density at radius 1 is 1.00 bits per heavy atom. The molecule has 0 bridgehead atoms. The minimum atomic E-state index is -1.13. The highest BCUT2D eigenvalue weighted by Gasteiger charge is 2.25. The van der Waals surface area contributed by atoms with E-state index in [4.69, 9.17) is 5.11 Å². The van der Waals surface area contributed by atoms with Crippen molar-refractivity contribution in [3.05, 3.63) is 35.4 Å². The molecule has 112 valence electrons. The van der Waals surface area contributed by atoms with Gasteiger partial charge in [0.2, 0.25) is 5.91 Å². The molecule has 0 atom stereocenters. The number of hydrogen-bond acceptors (Lipinski definition) is 3. The second-order valence-electron chi connectivity index (χ2n) is 5.11. The lowest BCUT2D eigenvalue weighted by Gasteiger charge is -2.34. The van der Waals surface area contributed by atoms with Crippen LogP contribution in [0.4, 0.5) is 0 Å². The molecule has 1 saturated heterocycles. The molecular formula is C15H18N2O4. The fourth-order valence-electron chi connectivity index (χ4n) is 2.28. The van der Waals surface area contributed by atoms with Crippen molar-refractivity contribution in [3.63, 3.8) is 0 Å². The molecule has 0 spiro atoms. The molecule has 0 radical (unpaired) electrons. The van der Waals surface area contributed by atoms with Crippen LogP contribution in [0.3, 0.4) is 0 Å². The van der Waals surface area contributed by atoms with Crippen LogP contribution in [0, 0.1) is 6.92 Å². The summed E-state index contributed by atoms with van der Waals surface area (Å²) in [6.07, 6.45) is -0.494. The molecule has 1 aliphatic rings. The topological polar surface area (TPSA) is 77.9 Å². The van der Waals surface area contributed by atoms with Crippen LogP contribution in [-0.2, 0) is 9.59 Å². The number of benzene rings is 1. The highest BCUT2D eigenvalue weighted by atomic mass is 16.4. The SMILES string of the molecule is Cc1ccc(C(=O)N2CCN(C(=O)CC(=O)O)CC2)cc1. The maximum absolute atomic E-state index is 12.3. The van der Waals surface area contributed by atoms with E-state index in [1.54, 1.807) is 17.0 Å². The standard InChI is InChI=1S/C15H18N2O4/c1-11-2-4-12(5-3-11)15(21)17-8-6-16(7-9-17)13(18)10-14(19)20/h2-5H,6-10H2,1H3,(H,19,20). The van der Waals surface area contributed by atoms with E-state index in [0.29, 0.717) is 31.7 Å². The highest BCUT2D eigenvalue weighted by molar-refractivity contribution is 5.95. The van der Waals surface area contributed by atoms with Gasteiger partial charge in [-0.2, -0.15) is 0 Å². The number of aryl methyl sites for hydroxylation is 1. The fourth-order valence-corrected chi connectivity index (χ4v) is 2.28. The number of carbonyl (C=O) groups excluding carboxylic acids is 2. The molecule has 1 aromatic rings. The van der Waals surface area contributed by atoms with Gasteiger partial charge in [0.25, 0.3) is 5.91 Å². The van der Waals surface area contributed by atoms with Gasteiger partial charge < -0.3 is 14.9 Å². The third kappa shape index (κ3) is 3.81. The lowest BCUT2D eigenvalue weighted by molar-refractivity contribution is -0.144. The second kappa shape index (κ2) is 6.39. The van der Waals surface area contributed by atoms with Gasteiger partial charge >= 0.3 is 5.97 Å². The normalized spacial score (nSPS) is 14.9. The molecular weight excluding hydrogens is 272 g/mol. The number of carboxylic acids is 1. The molecule has 1 N–H and O–H groups in total. The zero-order valence-corrected chi connectivity index (χ0v) is 11.9. The molecule has 2 amide bonds. The summed E-state index contributed by atoms with van der Waals surface area (Å²) in [6, 6.07) is 7.36. The van der Waals surface area contributed by atoms with Crippen LogP contribution in [0.2, 0.25) is 0 Å². The van der Waals surface area contributed by atoms with Gasteiger partial charge in [0.05, 0.1) is 0 Å². The van der Waals surface area contributed by atoms with Crippen molar-refractivity contribution in [2.75, 3.05) is 26.2 Å². The van der Waals surface area contributed by atoms with Crippen molar-refractivity contribution in [1.82, 2.24) is 9.80 Å². The first-order chi connectivity index (χ1) is 9.97. The summed E-state index contributed by atoms with van der Waals surface area (Å²) in [5.41, 5.74) is 1.72. The maximum atomic E-state index is 12.3. The lowest BCUT2D eigenvalue weighted by Crippen LogP contribution is -2.50. The van der Waals surface area contributed by atoms with Crippen molar-refractivity contribution in [2.24, 2.45) is 0 Å².